The maximum atomic E-state index is 14.5. The maximum absolute atomic E-state index is 14.5. The molecule has 14 heteroatoms. The fourth-order valence-electron chi connectivity index (χ4n) is 3.67. The zero-order valence-electron chi connectivity index (χ0n) is 19.5. The molecule has 0 unspecified atom stereocenters. The summed E-state index contributed by atoms with van der Waals surface area (Å²) >= 11 is 0. The van der Waals surface area contributed by atoms with Gasteiger partial charge >= 0.3 is 18.2 Å². The SMILES string of the molecule is CCN1C(=O)N(c2ccc(F)c(NC(=O)Nc3cc(C(F)(F)F)ccc3F)c2)Cc2cnc(NC)nc21. The first-order valence-corrected chi connectivity index (χ1v) is 10.9. The summed E-state index contributed by atoms with van der Waals surface area (Å²) in [4.78, 5) is 36.8. The highest BCUT2D eigenvalue weighted by Crippen LogP contribution is 2.34. The van der Waals surface area contributed by atoms with E-state index in [0.717, 1.165) is 6.07 Å². The van der Waals surface area contributed by atoms with Crippen LogP contribution in [0.15, 0.2) is 42.6 Å². The molecule has 0 fully saturated rings. The number of carbonyl (C=O) groups excluding carboxylic acids is 2. The van der Waals surface area contributed by atoms with Gasteiger partial charge in [-0.2, -0.15) is 18.2 Å². The van der Waals surface area contributed by atoms with Gasteiger partial charge in [0.2, 0.25) is 5.95 Å². The molecule has 4 rings (SSSR count). The van der Waals surface area contributed by atoms with Crippen LogP contribution in [0.5, 0.6) is 0 Å². The highest BCUT2D eigenvalue weighted by atomic mass is 19.4. The number of amides is 4. The van der Waals surface area contributed by atoms with Gasteiger partial charge in [-0.25, -0.2) is 23.4 Å². The van der Waals surface area contributed by atoms with Crippen LogP contribution in [0.25, 0.3) is 0 Å². The fourth-order valence-corrected chi connectivity index (χ4v) is 3.67. The normalized spacial score (nSPS) is 13.3. The second-order valence-electron chi connectivity index (χ2n) is 7.84. The van der Waals surface area contributed by atoms with Crippen molar-refractivity contribution in [1.82, 2.24) is 9.97 Å². The smallest absolute Gasteiger partial charge is 0.357 e. The van der Waals surface area contributed by atoms with Crippen LogP contribution in [0, 0.1) is 11.6 Å². The first-order chi connectivity index (χ1) is 17.5. The Bertz CT molecular complexity index is 1370. The predicted molar refractivity (Wildman–Crippen MR) is 127 cm³/mol. The molecule has 1 aromatic heterocycles. The van der Waals surface area contributed by atoms with Gasteiger partial charge in [-0.1, -0.05) is 0 Å². The van der Waals surface area contributed by atoms with E-state index in [1.807, 2.05) is 5.32 Å². The van der Waals surface area contributed by atoms with Crippen molar-refractivity contribution in [1.29, 1.82) is 0 Å². The van der Waals surface area contributed by atoms with Crippen LogP contribution in [-0.2, 0) is 12.7 Å². The summed E-state index contributed by atoms with van der Waals surface area (Å²) in [6.45, 7) is 2.09. The largest absolute Gasteiger partial charge is 0.416 e. The van der Waals surface area contributed by atoms with Crippen molar-refractivity contribution in [2.24, 2.45) is 0 Å². The number of hydrogen-bond acceptors (Lipinski definition) is 5. The molecule has 2 heterocycles. The van der Waals surface area contributed by atoms with Crippen LogP contribution in [0.2, 0.25) is 0 Å². The van der Waals surface area contributed by atoms with Gasteiger partial charge in [0.15, 0.2) is 0 Å². The molecular formula is C23H20F5N7O2. The molecule has 4 amide bonds. The van der Waals surface area contributed by atoms with Crippen molar-refractivity contribution in [3.05, 3.63) is 65.4 Å². The Kier molecular flexibility index (Phi) is 6.83. The molecule has 1 aliphatic rings. The van der Waals surface area contributed by atoms with Crippen molar-refractivity contribution in [3.8, 4) is 0 Å². The Balaban J connectivity index is 1.58. The topological polar surface area (TPSA) is 102 Å². The minimum Gasteiger partial charge on any atom is -0.357 e. The number of halogens is 5. The molecule has 0 spiro atoms. The van der Waals surface area contributed by atoms with Crippen LogP contribution in [0.3, 0.4) is 0 Å². The van der Waals surface area contributed by atoms with Crippen LogP contribution < -0.4 is 25.8 Å². The average molecular weight is 521 g/mol. The van der Waals surface area contributed by atoms with Gasteiger partial charge in [0, 0.05) is 31.0 Å². The highest BCUT2D eigenvalue weighted by Gasteiger charge is 2.33. The summed E-state index contributed by atoms with van der Waals surface area (Å²) in [5, 5.41) is 6.89. The van der Waals surface area contributed by atoms with Crippen molar-refractivity contribution in [2.45, 2.75) is 19.6 Å². The summed E-state index contributed by atoms with van der Waals surface area (Å²) < 4.78 is 67.2. The molecule has 0 saturated heterocycles. The molecule has 2 aromatic carbocycles. The number of nitrogens with zero attached hydrogens (tertiary/aromatic N) is 4. The number of hydrogen-bond donors (Lipinski definition) is 3. The van der Waals surface area contributed by atoms with E-state index in [1.54, 1.807) is 20.2 Å². The lowest BCUT2D eigenvalue weighted by atomic mass is 10.1. The Morgan fingerprint density at radius 2 is 1.70 bits per heavy atom. The Hall–Kier alpha value is -4.49. The molecule has 3 aromatic rings. The third-order valence-corrected chi connectivity index (χ3v) is 5.48. The van der Waals surface area contributed by atoms with E-state index in [-0.39, 0.29) is 24.5 Å². The van der Waals surface area contributed by atoms with Crippen molar-refractivity contribution < 1.29 is 31.5 Å². The lowest BCUT2D eigenvalue weighted by Gasteiger charge is -2.35. The first-order valence-electron chi connectivity index (χ1n) is 10.9. The minimum atomic E-state index is -4.76. The van der Waals surface area contributed by atoms with E-state index in [1.165, 1.54) is 21.9 Å². The average Bonchev–Trinajstić information content (AvgIpc) is 2.85. The second kappa shape index (κ2) is 9.87. The lowest BCUT2D eigenvalue weighted by molar-refractivity contribution is -0.137. The van der Waals surface area contributed by atoms with Gasteiger partial charge in [-0.05, 0) is 43.3 Å². The number of nitrogens with one attached hydrogen (secondary N) is 3. The molecule has 1 aliphatic heterocycles. The van der Waals surface area contributed by atoms with Gasteiger partial charge in [-0.3, -0.25) is 9.80 Å². The molecule has 9 nitrogen and oxygen atoms in total. The Morgan fingerprint density at radius 3 is 2.32 bits per heavy atom. The minimum absolute atomic E-state index is 0.0569. The van der Waals surface area contributed by atoms with Gasteiger partial charge < -0.3 is 16.0 Å². The van der Waals surface area contributed by atoms with Crippen LogP contribution in [-0.4, -0.2) is 35.6 Å². The highest BCUT2D eigenvalue weighted by molar-refractivity contribution is 6.06. The summed E-state index contributed by atoms with van der Waals surface area (Å²) in [5.41, 5.74) is -1.46. The first kappa shape index (κ1) is 25.6. The summed E-state index contributed by atoms with van der Waals surface area (Å²) in [6.07, 6.45) is -3.21. The van der Waals surface area contributed by atoms with Crippen LogP contribution in [0.4, 0.5) is 60.4 Å². The van der Waals surface area contributed by atoms with E-state index < -0.39 is 41.1 Å². The number of aromatic nitrogens is 2. The van der Waals surface area contributed by atoms with Gasteiger partial charge in [0.1, 0.15) is 17.5 Å². The zero-order valence-corrected chi connectivity index (χ0v) is 19.5. The van der Waals surface area contributed by atoms with E-state index in [4.69, 9.17) is 0 Å². The molecule has 0 radical (unpaired) electrons. The van der Waals surface area contributed by atoms with E-state index in [9.17, 15) is 31.5 Å². The van der Waals surface area contributed by atoms with Gasteiger partial charge in [-0.15, -0.1) is 0 Å². The molecule has 0 bridgehead atoms. The molecule has 0 atom stereocenters. The predicted octanol–water partition coefficient (Wildman–Crippen LogP) is 5.43. The second-order valence-corrected chi connectivity index (χ2v) is 7.84. The third kappa shape index (κ3) is 5.22. The van der Waals surface area contributed by atoms with Crippen LogP contribution >= 0.6 is 0 Å². The number of benzene rings is 2. The number of rotatable bonds is 5. The number of anilines is 5. The van der Waals surface area contributed by atoms with Crippen molar-refractivity contribution >= 4 is 40.9 Å². The molecule has 37 heavy (non-hydrogen) atoms. The maximum Gasteiger partial charge on any atom is 0.416 e. The van der Waals surface area contributed by atoms with Crippen molar-refractivity contribution in [3.63, 3.8) is 0 Å². The summed E-state index contributed by atoms with van der Waals surface area (Å²) in [6, 6.07) is 3.38. The van der Waals surface area contributed by atoms with Gasteiger partial charge in [0.05, 0.1) is 23.5 Å². The monoisotopic (exact) mass is 521 g/mol. The van der Waals surface area contributed by atoms with E-state index in [2.05, 4.69) is 20.6 Å². The molecule has 0 saturated carbocycles. The summed E-state index contributed by atoms with van der Waals surface area (Å²) in [7, 11) is 1.64. The van der Waals surface area contributed by atoms with E-state index in [0.29, 0.717) is 35.5 Å². The number of carbonyl (C=O) groups is 2. The molecule has 194 valence electrons. The molecular weight excluding hydrogens is 501 g/mol. The fraction of sp³-hybridized carbons (Fsp3) is 0.217. The Morgan fingerprint density at radius 1 is 1.05 bits per heavy atom. The van der Waals surface area contributed by atoms with Gasteiger partial charge in [0.25, 0.3) is 0 Å². The number of alkyl halides is 3. The molecule has 3 N–H and O–H groups in total. The number of fused-ring (bicyclic) bond motifs is 1. The van der Waals surface area contributed by atoms with E-state index >= 15 is 0 Å². The molecule has 0 aliphatic carbocycles. The quantitative estimate of drug-likeness (QED) is 0.389. The standard InChI is InChI=1S/C23H20F5N7O2/c1-3-34-19-12(10-30-20(29-2)33-19)11-35(22(34)37)14-5-7-16(25)18(9-14)32-21(36)31-17-8-13(23(26,27)28)4-6-15(17)24/h4-10H,3,11H2,1-2H3,(H,29,30,33)(H2,31,32,36). The Labute approximate surface area is 207 Å². The van der Waals surface area contributed by atoms with Crippen molar-refractivity contribution in [2.75, 3.05) is 39.3 Å². The van der Waals surface area contributed by atoms with Crippen LogP contribution in [0.1, 0.15) is 18.1 Å². The zero-order chi connectivity index (χ0) is 26.9. The lowest BCUT2D eigenvalue weighted by Crippen LogP contribution is -2.48. The number of urea groups is 2. The third-order valence-electron chi connectivity index (χ3n) is 5.48. The summed E-state index contributed by atoms with van der Waals surface area (Å²) in [5.74, 6) is -1.25.